The molecule has 130 valence electrons. The maximum absolute atomic E-state index is 12.6. The number of hydrogen-bond donors (Lipinski definition) is 2. The highest BCUT2D eigenvalue weighted by atomic mass is 35.5. The van der Waals surface area contributed by atoms with E-state index in [1.165, 1.54) is 25.0 Å². The Kier molecular flexibility index (Phi) is 5.60. The Morgan fingerprint density at radius 1 is 1.20 bits per heavy atom. The Hall–Kier alpha value is -2.05. The number of nitrogens with two attached hydrogens (primary N) is 1. The van der Waals surface area contributed by atoms with Crippen LogP contribution in [-0.4, -0.2) is 22.0 Å². The van der Waals surface area contributed by atoms with Crippen LogP contribution < -0.4 is 11.1 Å². The van der Waals surface area contributed by atoms with E-state index in [9.17, 15) is 9.59 Å². The van der Waals surface area contributed by atoms with Gasteiger partial charge in [0.25, 0.3) is 5.91 Å². The Labute approximate surface area is 155 Å². The molecule has 1 fully saturated rings. The van der Waals surface area contributed by atoms with E-state index in [1.807, 2.05) is 0 Å². The van der Waals surface area contributed by atoms with E-state index >= 15 is 0 Å². The molecular formula is C18H18ClN3O2S. The summed E-state index contributed by atoms with van der Waals surface area (Å²) in [7, 11) is 0. The number of aromatic nitrogens is 1. The lowest BCUT2D eigenvalue weighted by atomic mass is 10.2. The number of hydrogen-bond acceptors (Lipinski definition) is 4. The number of thioether (sulfide) groups is 1. The molecule has 25 heavy (non-hydrogen) atoms. The first-order chi connectivity index (χ1) is 12.0. The van der Waals surface area contributed by atoms with Crippen LogP contribution in [-0.2, 0) is 0 Å². The number of carbonyl (C=O) groups is 2. The fraction of sp³-hybridized carbons (Fsp3) is 0.278. The summed E-state index contributed by atoms with van der Waals surface area (Å²) in [5.41, 5.74) is 6.49. The predicted molar refractivity (Wildman–Crippen MR) is 100 cm³/mol. The second-order valence-electron chi connectivity index (χ2n) is 5.89. The molecule has 1 aromatic carbocycles. The molecule has 3 N–H and O–H groups in total. The van der Waals surface area contributed by atoms with E-state index in [2.05, 4.69) is 10.3 Å². The van der Waals surface area contributed by atoms with Gasteiger partial charge in [0.15, 0.2) is 0 Å². The molecule has 0 bridgehead atoms. The van der Waals surface area contributed by atoms with E-state index in [1.54, 1.807) is 36.2 Å². The average Bonchev–Trinajstić information content (AvgIpc) is 3.08. The maximum atomic E-state index is 12.6. The summed E-state index contributed by atoms with van der Waals surface area (Å²) in [6.45, 7) is 0. The standard InChI is InChI=1S/C18H18ClN3O2S/c19-15-10-11(7-8-13(15)16(20)23)22-17(24)14-6-3-9-21-18(14)25-12-4-1-2-5-12/h3,6-10,12H,1-2,4-5H2,(H2,20,23)(H,22,24). The molecule has 5 nitrogen and oxygen atoms in total. The quantitative estimate of drug-likeness (QED) is 0.823. The predicted octanol–water partition coefficient (Wildman–Crippen LogP) is 4.12. The van der Waals surface area contributed by atoms with Crippen molar-refractivity contribution in [3.63, 3.8) is 0 Å². The molecule has 0 radical (unpaired) electrons. The van der Waals surface area contributed by atoms with Crippen molar-refractivity contribution in [1.82, 2.24) is 4.98 Å². The SMILES string of the molecule is NC(=O)c1ccc(NC(=O)c2cccnc2SC2CCCC2)cc1Cl. The highest BCUT2D eigenvalue weighted by Crippen LogP contribution is 2.35. The molecule has 0 atom stereocenters. The number of benzene rings is 1. The van der Waals surface area contributed by atoms with Crippen LogP contribution in [0.15, 0.2) is 41.6 Å². The third kappa shape index (κ3) is 4.32. The van der Waals surface area contributed by atoms with Crippen LogP contribution in [0.25, 0.3) is 0 Å². The fourth-order valence-electron chi connectivity index (χ4n) is 2.81. The summed E-state index contributed by atoms with van der Waals surface area (Å²) >= 11 is 7.70. The van der Waals surface area contributed by atoms with E-state index in [-0.39, 0.29) is 16.5 Å². The van der Waals surface area contributed by atoms with Crippen LogP contribution in [0.2, 0.25) is 5.02 Å². The number of primary amides is 1. The summed E-state index contributed by atoms with van der Waals surface area (Å²) in [5, 5.41) is 4.27. The van der Waals surface area contributed by atoms with Gasteiger partial charge in [-0.1, -0.05) is 24.4 Å². The van der Waals surface area contributed by atoms with Gasteiger partial charge >= 0.3 is 0 Å². The first kappa shape index (κ1) is 17.8. The Morgan fingerprint density at radius 3 is 2.64 bits per heavy atom. The Balaban J connectivity index is 1.77. The molecule has 7 heteroatoms. The molecule has 0 spiro atoms. The topological polar surface area (TPSA) is 85.1 Å². The van der Waals surface area contributed by atoms with Gasteiger partial charge < -0.3 is 11.1 Å². The minimum Gasteiger partial charge on any atom is -0.366 e. The van der Waals surface area contributed by atoms with Gasteiger partial charge in [-0.3, -0.25) is 9.59 Å². The Bertz CT molecular complexity index is 807. The van der Waals surface area contributed by atoms with Crippen LogP contribution in [0.5, 0.6) is 0 Å². The summed E-state index contributed by atoms with van der Waals surface area (Å²) in [4.78, 5) is 28.2. The summed E-state index contributed by atoms with van der Waals surface area (Å²) in [5.74, 6) is -0.859. The minimum atomic E-state index is -0.606. The van der Waals surface area contributed by atoms with Crippen molar-refractivity contribution in [2.75, 3.05) is 5.32 Å². The van der Waals surface area contributed by atoms with Gasteiger partial charge in [-0.15, -0.1) is 11.8 Å². The van der Waals surface area contributed by atoms with Gasteiger partial charge in [0.05, 0.1) is 16.1 Å². The van der Waals surface area contributed by atoms with E-state index < -0.39 is 5.91 Å². The zero-order valence-corrected chi connectivity index (χ0v) is 15.1. The second-order valence-corrected chi connectivity index (χ2v) is 7.59. The van der Waals surface area contributed by atoms with Crippen molar-refractivity contribution in [2.45, 2.75) is 36.0 Å². The van der Waals surface area contributed by atoms with Gasteiger partial charge in [0.1, 0.15) is 5.03 Å². The van der Waals surface area contributed by atoms with E-state index in [0.29, 0.717) is 16.5 Å². The van der Waals surface area contributed by atoms with Gasteiger partial charge in [-0.2, -0.15) is 0 Å². The number of nitrogens with one attached hydrogen (secondary N) is 1. The zero-order chi connectivity index (χ0) is 17.8. The number of pyridine rings is 1. The van der Waals surface area contributed by atoms with Crippen LogP contribution in [0.1, 0.15) is 46.4 Å². The summed E-state index contributed by atoms with van der Waals surface area (Å²) < 4.78 is 0. The molecule has 1 saturated carbocycles. The number of carbonyl (C=O) groups excluding carboxylic acids is 2. The number of anilines is 1. The Morgan fingerprint density at radius 2 is 1.96 bits per heavy atom. The average molecular weight is 376 g/mol. The molecule has 2 aromatic rings. The first-order valence-electron chi connectivity index (χ1n) is 8.07. The molecule has 3 rings (SSSR count). The maximum Gasteiger partial charge on any atom is 0.258 e. The summed E-state index contributed by atoms with van der Waals surface area (Å²) in [6, 6.07) is 8.12. The molecule has 0 aliphatic heterocycles. The lowest BCUT2D eigenvalue weighted by molar-refractivity contribution is 0.0998. The van der Waals surface area contributed by atoms with Crippen LogP contribution in [0, 0.1) is 0 Å². The normalized spacial score (nSPS) is 14.4. The lowest BCUT2D eigenvalue weighted by Gasteiger charge is -2.12. The molecule has 0 saturated heterocycles. The largest absolute Gasteiger partial charge is 0.366 e. The van der Waals surface area contributed by atoms with Crippen molar-refractivity contribution in [3.8, 4) is 0 Å². The first-order valence-corrected chi connectivity index (χ1v) is 9.33. The van der Waals surface area contributed by atoms with Crippen molar-refractivity contribution in [1.29, 1.82) is 0 Å². The number of halogens is 1. The molecule has 1 heterocycles. The lowest BCUT2D eigenvalue weighted by Crippen LogP contribution is -2.15. The van der Waals surface area contributed by atoms with E-state index in [0.717, 1.165) is 17.9 Å². The van der Waals surface area contributed by atoms with Crippen molar-refractivity contribution >= 4 is 40.9 Å². The van der Waals surface area contributed by atoms with Crippen LogP contribution >= 0.6 is 23.4 Å². The van der Waals surface area contributed by atoms with Crippen molar-refractivity contribution in [2.24, 2.45) is 5.73 Å². The highest BCUT2D eigenvalue weighted by Gasteiger charge is 2.21. The molecule has 1 aromatic heterocycles. The van der Waals surface area contributed by atoms with Gasteiger partial charge in [-0.25, -0.2) is 4.98 Å². The van der Waals surface area contributed by atoms with E-state index in [4.69, 9.17) is 17.3 Å². The fourth-order valence-corrected chi connectivity index (χ4v) is 4.38. The molecule has 2 amide bonds. The molecular weight excluding hydrogens is 358 g/mol. The van der Waals surface area contributed by atoms with Crippen LogP contribution in [0.3, 0.4) is 0 Å². The van der Waals surface area contributed by atoms with Crippen LogP contribution in [0.4, 0.5) is 5.69 Å². The van der Waals surface area contributed by atoms with Gasteiger partial charge in [0.2, 0.25) is 5.91 Å². The number of rotatable bonds is 5. The zero-order valence-electron chi connectivity index (χ0n) is 13.5. The molecule has 0 unspecified atom stereocenters. The smallest absolute Gasteiger partial charge is 0.258 e. The summed E-state index contributed by atoms with van der Waals surface area (Å²) in [6.07, 6.45) is 6.49. The minimum absolute atomic E-state index is 0.206. The second kappa shape index (κ2) is 7.89. The number of nitrogens with zero attached hydrogens (tertiary/aromatic N) is 1. The molecule has 1 aliphatic carbocycles. The van der Waals surface area contributed by atoms with Gasteiger partial charge in [-0.05, 0) is 43.2 Å². The third-order valence-corrected chi connectivity index (χ3v) is 5.75. The molecule has 1 aliphatic rings. The highest BCUT2D eigenvalue weighted by molar-refractivity contribution is 7.99. The van der Waals surface area contributed by atoms with Gasteiger partial charge in [0, 0.05) is 17.1 Å². The van der Waals surface area contributed by atoms with Crippen molar-refractivity contribution < 1.29 is 9.59 Å². The third-order valence-electron chi connectivity index (χ3n) is 4.09. The number of amides is 2. The van der Waals surface area contributed by atoms with Crippen molar-refractivity contribution in [3.05, 3.63) is 52.7 Å². The monoisotopic (exact) mass is 375 g/mol.